The van der Waals surface area contributed by atoms with E-state index >= 15 is 0 Å². The smallest absolute Gasteiger partial charge is 0.270 e. The van der Waals surface area contributed by atoms with Crippen LogP contribution in [0.15, 0.2) is 12.4 Å². The molecule has 0 fully saturated rings. The summed E-state index contributed by atoms with van der Waals surface area (Å²) in [6, 6.07) is 1.48. The summed E-state index contributed by atoms with van der Waals surface area (Å²) in [5.74, 6) is 0.0325. The summed E-state index contributed by atoms with van der Waals surface area (Å²) in [5, 5.41) is 2.64. The molecule has 0 saturated heterocycles. The molecule has 0 aliphatic heterocycles. The molecule has 0 aliphatic rings. The molecule has 0 atom stereocenters. The molecule has 0 saturated carbocycles. The Kier molecular flexibility index (Phi) is 6.03. The summed E-state index contributed by atoms with van der Waals surface area (Å²) in [5.41, 5.74) is 0.236. The molecular formula is C11H17N3O4. The van der Waals surface area contributed by atoms with E-state index in [1.165, 1.54) is 26.6 Å². The molecule has 0 aliphatic carbocycles. The number of carbonyl (C=O) groups excluding carboxylic acids is 1. The lowest BCUT2D eigenvalue weighted by Crippen LogP contribution is -2.34. The highest BCUT2D eigenvalue weighted by atomic mass is 16.7. The first-order valence-corrected chi connectivity index (χ1v) is 5.49. The zero-order chi connectivity index (χ0) is 13.4. The van der Waals surface area contributed by atoms with Crippen LogP contribution in [0.1, 0.15) is 17.4 Å². The summed E-state index contributed by atoms with van der Waals surface area (Å²) in [6.07, 6.45) is 0.798. The molecule has 0 aromatic carbocycles. The van der Waals surface area contributed by atoms with Gasteiger partial charge in [-0.05, 0) is 6.92 Å². The molecule has 0 bridgehead atoms. The Morgan fingerprint density at radius 3 is 2.72 bits per heavy atom. The number of ether oxygens (including phenoxy) is 3. The molecule has 1 heterocycles. The van der Waals surface area contributed by atoms with Crippen LogP contribution in [0.5, 0.6) is 5.88 Å². The van der Waals surface area contributed by atoms with Gasteiger partial charge in [0.1, 0.15) is 12.0 Å². The molecule has 18 heavy (non-hydrogen) atoms. The average molecular weight is 255 g/mol. The lowest BCUT2D eigenvalue weighted by Gasteiger charge is -2.13. The number of nitrogens with zero attached hydrogens (tertiary/aromatic N) is 2. The number of hydrogen-bond donors (Lipinski definition) is 1. The maximum atomic E-state index is 11.8. The lowest BCUT2D eigenvalue weighted by atomic mass is 10.3. The number of carbonyl (C=O) groups is 1. The van der Waals surface area contributed by atoms with Crippen LogP contribution in [-0.4, -0.2) is 49.5 Å². The van der Waals surface area contributed by atoms with Crippen LogP contribution in [0, 0.1) is 0 Å². The average Bonchev–Trinajstić information content (AvgIpc) is 2.40. The van der Waals surface area contributed by atoms with E-state index in [0.717, 1.165) is 0 Å². The van der Waals surface area contributed by atoms with Gasteiger partial charge in [0.25, 0.3) is 5.91 Å². The minimum atomic E-state index is -0.484. The van der Waals surface area contributed by atoms with Gasteiger partial charge < -0.3 is 19.5 Å². The highest BCUT2D eigenvalue weighted by molar-refractivity contribution is 5.92. The van der Waals surface area contributed by atoms with E-state index in [1.54, 1.807) is 0 Å². The molecular weight excluding hydrogens is 238 g/mol. The second-order valence-corrected chi connectivity index (χ2v) is 3.29. The van der Waals surface area contributed by atoms with Crippen LogP contribution in [0.25, 0.3) is 0 Å². The maximum absolute atomic E-state index is 11.8. The van der Waals surface area contributed by atoms with Crippen molar-refractivity contribution in [2.75, 3.05) is 27.4 Å². The fraction of sp³-hybridized carbons (Fsp3) is 0.545. The van der Waals surface area contributed by atoms with Crippen molar-refractivity contribution in [1.29, 1.82) is 0 Å². The Morgan fingerprint density at radius 2 is 2.11 bits per heavy atom. The van der Waals surface area contributed by atoms with E-state index in [1.807, 2.05) is 6.92 Å². The van der Waals surface area contributed by atoms with Gasteiger partial charge in [-0.2, -0.15) is 0 Å². The first-order valence-electron chi connectivity index (χ1n) is 5.49. The summed E-state index contributed by atoms with van der Waals surface area (Å²) in [4.78, 5) is 19.5. The standard InChI is InChI=1S/C11H17N3O4/c1-4-18-9-5-8(13-7-14-9)11(15)12-6-10(16-2)17-3/h5,7,10H,4,6H2,1-3H3,(H,12,15). The SMILES string of the molecule is CCOc1cc(C(=O)NCC(OC)OC)ncn1. The van der Waals surface area contributed by atoms with E-state index in [0.29, 0.717) is 12.5 Å². The fourth-order valence-electron chi connectivity index (χ4n) is 1.22. The van der Waals surface area contributed by atoms with Gasteiger partial charge in [-0.3, -0.25) is 4.79 Å². The van der Waals surface area contributed by atoms with E-state index in [9.17, 15) is 4.79 Å². The van der Waals surface area contributed by atoms with Crippen LogP contribution >= 0.6 is 0 Å². The first kappa shape index (κ1) is 14.3. The molecule has 100 valence electrons. The minimum absolute atomic E-state index is 0.236. The molecule has 7 nitrogen and oxygen atoms in total. The van der Waals surface area contributed by atoms with Crippen molar-refractivity contribution in [1.82, 2.24) is 15.3 Å². The molecule has 1 aromatic rings. The van der Waals surface area contributed by atoms with E-state index in [2.05, 4.69) is 15.3 Å². The molecule has 1 rings (SSSR count). The Morgan fingerprint density at radius 1 is 1.39 bits per heavy atom. The first-order chi connectivity index (χ1) is 8.71. The van der Waals surface area contributed by atoms with Gasteiger partial charge in [-0.1, -0.05) is 0 Å². The Labute approximate surface area is 105 Å². The topological polar surface area (TPSA) is 82.6 Å². The predicted octanol–water partition coefficient (Wildman–Crippen LogP) is 0.224. The fourth-order valence-corrected chi connectivity index (χ4v) is 1.22. The predicted molar refractivity (Wildman–Crippen MR) is 63.3 cm³/mol. The number of aromatic nitrogens is 2. The molecule has 1 amide bonds. The van der Waals surface area contributed by atoms with Crippen LogP contribution < -0.4 is 10.1 Å². The third-order valence-corrected chi connectivity index (χ3v) is 2.12. The van der Waals surface area contributed by atoms with Gasteiger partial charge in [0, 0.05) is 20.3 Å². The number of amides is 1. The number of methoxy groups -OCH3 is 2. The molecule has 0 unspecified atom stereocenters. The molecule has 1 N–H and O–H groups in total. The zero-order valence-electron chi connectivity index (χ0n) is 10.7. The Hall–Kier alpha value is -1.73. The third-order valence-electron chi connectivity index (χ3n) is 2.12. The molecule has 0 spiro atoms. The van der Waals surface area contributed by atoms with Crippen molar-refractivity contribution in [2.45, 2.75) is 13.2 Å². The third kappa shape index (κ3) is 4.27. The Bertz CT molecular complexity index is 382. The monoisotopic (exact) mass is 255 g/mol. The number of rotatable bonds is 7. The van der Waals surface area contributed by atoms with Gasteiger partial charge in [-0.25, -0.2) is 9.97 Å². The van der Waals surface area contributed by atoms with Crippen molar-refractivity contribution in [3.8, 4) is 5.88 Å². The summed E-state index contributed by atoms with van der Waals surface area (Å²) >= 11 is 0. The van der Waals surface area contributed by atoms with Crippen molar-refractivity contribution in [2.24, 2.45) is 0 Å². The second kappa shape index (κ2) is 7.57. The van der Waals surface area contributed by atoms with Gasteiger partial charge >= 0.3 is 0 Å². The largest absolute Gasteiger partial charge is 0.478 e. The van der Waals surface area contributed by atoms with E-state index in [-0.39, 0.29) is 18.1 Å². The van der Waals surface area contributed by atoms with Crippen LogP contribution in [0.2, 0.25) is 0 Å². The second-order valence-electron chi connectivity index (χ2n) is 3.29. The lowest BCUT2D eigenvalue weighted by molar-refractivity contribution is -0.0974. The van der Waals surface area contributed by atoms with Gasteiger partial charge in [0.2, 0.25) is 5.88 Å². The summed E-state index contributed by atoms with van der Waals surface area (Å²) < 4.78 is 15.1. The normalized spacial score (nSPS) is 10.4. The van der Waals surface area contributed by atoms with Crippen LogP contribution in [0.3, 0.4) is 0 Å². The van der Waals surface area contributed by atoms with Crippen LogP contribution in [0.4, 0.5) is 0 Å². The Balaban J connectivity index is 2.58. The minimum Gasteiger partial charge on any atom is -0.478 e. The van der Waals surface area contributed by atoms with Gasteiger partial charge in [0.05, 0.1) is 13.2 Å². The zero-order valence-corrected chi connectivity index (χ0v) is 10.7. The summed E-state index contributed by atoms with van der Waals surface area (Å²) in [7, 11) is 3.00. The van der Waals surface area contributed by atoms with Gasteiger partial charge in [0.15, 0.2) is 6.29 Å². The molecule has 1 aromatic heterocycles. The van der Waals surface area contributed by atoms with Crippen molar-refractivity contribution >= 4 is 5.91 Å². The number of hydrogen-bond acceptors (Lipinski definition) is 6. The highest BCUT2D eigenvalue weighted by Gasteiger charge is 2.12. The van der Waals surface area contributed by atoms with Crippen LogP contribution in [-0.2, 0) is 9.47 Å². The summed E-state index contributed by atoms with van der Waals surface area (Å²) in [6.45, 7) is 2.55. The van der Waals surface area contributed by atoms with Gasteiger partial charge in [-0.15, -0.1) is 0 Å². The maximum Gasteiger partial charge on any atom is 0.270 e. The molecule has 0 radical (unpaired) electrons. The van der Waals surface area contributed by atoms with Crippen molar-refractivity contribution in [3.05, 3.63) is 18.1 Å². The van der Waals surface area contributed by atoms with E-state index in [4.69, 9.17) is 14.2 Å². The molecule has 7 heteroatoms. The number of nitrogens with one attached hydrogen (secondary N) is 1. The quantitative estimate of drug-likeness (QED) is 0.702. The van der Waals surface area contributed by atoms with Crippen molar-refractivity contribution < 1.29 is 19.0 Å². The highest BCUT2D eigenvalue weighted by Crippen LogP contribution is 2.06. The van der Waals surface area contributed by atoms with E-state index < -0.39 is 6.29 Å². The van der Waals surface area contributed by atoms with Crippen molar-refractivity contribution in [3.63, 3.8) is 0 Å².